The van der Waals surface area contributed by atoms with Crippen molar-refractivity contribution in [3.05, 3.63) is 41.7 Å². The fraction of sp³-hybridized carbons (Fsp3) is 0.588. The highest BCUT2D eigenvalue weighted by atomic mass is 15.6. The highest BCUT2D eigenvalue weighted by Gasteiger charge is 2.32. The van der Waals surface area contributed by atoms with Crippen molar-refractivity contribution in [2.75, 3.05) is 32.7 Å². The number of nitrogens with one attached hydrogen (secondary N) is 2. The normalized spacial score (nSPS) is 22.9. The van der Waals surface area contributed by atoms with Crippen LogP contribution in [-0.2, 0) is 6.54 Å². The van der Waals surface area contributed by atoms with Gasteiger partial charge in [0.15, 0.2) is 0 Å². The second kappa shape index (κ2) is 7.66. The third kappa shape index (κ3) is 3.76. The summed E-state index contributed by atoms with van der Waals surface area (Å²) in [5.74, 6) is 1.03. The van der Waals surface area contributed by atoms with Gasteiger partial charge in [0.2, 0.25) is 5.82 Å². The summed E-state index contributed by atoms with van der Waals surface area (Å²) in [4.78, 5) is 3.35. The Hall–Kier alpha value is -1.79. The summed E-state index contributed by atoms with van der Waals surface area (Å²) in [5, 5.41) is 12.6. The van der Waals surface area contributed by atoms with Crippen LogP contribution in [0.1, 0.15) is 37.7 Å². The Labute approximate surface area is 138 Å². The largest absolute Gasteiger partial charge is 0.326 e. The van der Waals surface area contributed by atoms with Crippen LogP contribution in [0.4, 0.5) is 0 Å². The lowest BCUT2D eigenvalue weighted by atomic mass is 10.1. The molecular weight excluding hydrogens is 288 g/mol. The highest BCUT2D eigenvalue weighted by molar-refractivity contribution is 5.15. The fourth-order valence-electron chi connectivity index (χ4n) is 3.61. The molecule has 1 aromatic carbocycles. The third-order valence-corrected chi connectivity index (χ3v) is 5.05. The number of aromatic nitrogens is 4. The molecular formula is C17H28N6+2. The van der Waals surface area contributed by atoms with E-state index < -0.39 is 0 Å². The van der Waals surface area contributed by atoms with Gasteiger partial charge in [0.25, 0.3) is 0 Å². The Bertz CT molecular complexity index is 588. The monoisotopic (exact) mass is 316 g/mol. The third-order valence-electron chi connectivity index (χ3n) is 5.05. The molecule has 2 heterocycles. The van der Waals surface area contributed by atoms with Crippen LogP contribution >= 0.6 is 0 Å². The van der Waals surface area contributed by atoms with E-state index in [4.69, 9.17) is 0 Å². The fourth-order valence-corrected chi connectivity index (χ4v) is 3.61. The lowest BCUT2D eigenvalue weighted by Crippen LogP contribution is -3.28. The standard InChI is InChI=1S/C17H26N6/c1-3-16(22-12-10-21(4-2)11-13-22)17-18-19-20-23(17)14-15-8-6-5-7-9-15/h5-9,16H,3-4,10-14H2,1-2H3/p+2/t16-/m0/s1. The van der Waals surface area contributed by atoms with Gasteiger partial charge in [-0.3, -0.25) is 0 Å². The number of quaternary nitrogens is 2. The first-order chi connectivity index (χ1) is 11.3. The maximum atomic E-state index is 4.37. The van der Waals surface area contributed by atoms with Crippen LogP contribution in [0.2, 0.25) is 0 Å². The minimum atomic E-state index is 0.395. The van der Waals surface area contributed by atoms with Gasteiger partial charge in [-0.05, 0) is 22.9 Å². The Morgan fingerprint density at radius 2 is 1.83 bits per heavy atom. The molecule has 1 saturated heterocycles. The van der Waals surface area contributed by atoms with Gasteiger partial charge in [0.05, 0.1) is 13.1 Å². The Balaban J connectivity index is 1.73. The summed E-state index contributed by atoms with van der Waals surface area (Å²) in [5.41, 5.74) is 1.24. The van der Waals surface area contributed by atoms with E-state index in [1.807, 2.05) is 10.7 Å². The second-order valence-electron chi connectivity index (χ2n) is 6.40. The van der Waals surface area contributed by atoms with Gasteiger partial charge < -0.3 is 9.80 Å². The Kier molecular flexibility index (Phi) is 5.35. The van der Waals surface area contributed by atoms with E-state index in [-0.39, 0.29) is 0 Å². The van der Waals surface area contributed by atoms with Gasteiger partial charge in [-0.25, -0.2) is 4.68 Å². The van der Waals surface area contributed by atoms with Gasteiger partial charge in [-0.1, -0.05) is 37.3 Å². The first-order valence-electron chi connectivity index (χ1n) is 8.80. The van der Waals surface area contributed by atoms with Crippen molar-refractivity contribution in [1.29, 1.82) is 0 Å². The molecule has 124 valence electrons. The van der Waals surface area contributed by atoms with Crippen LogP contribution in [0.25, 0.3) is 0 Å². The molecule has 1 aromatic heterocycles. The number of rotatable bonds is 6. The number of benzene rings is 1. The maximum Gasteiger partial charge on any atom is 0.209 e. The predicted octanol–water partition coefficient (Wildman–Crippen LogP) is -1.02. The summed E-state index contributed by atoms with van der Waals surface area (Å²) in [6.07, 6.45) is 1.08. The first-order valence-corrected chi connectivity index (χ1v) is 8.80. The molecule has 0 bridgehead atoms. The second-order valence-corrected chi connectivity index (χ2v) is 6.40. The van der Waals surface area contributed by atoms with Gasteiger partial charge in [-0.2, -0.15) is 0 Å². The summed E-state index contributed by atoms with van der Waals surface area (Å²) >= 11 is 0. The van der Waals surface area contributed by atoms with Gasteiger partial charge >= 0.3 is 0 Å². The maximum absolute atomic E-state index is 4.37. The number of likely N-dealkylation sites (N-methyl/N-ethyl adjacent to an activating group) is 1. The molecule has 6 nitrogen and oxygen atoms in total. The van der Waals surface area contributed by atoms with Crippen molar-refractivity contribution >= 4 is 0 Å². The number of nitrogens with zero attached hydrogens (tertiary/aromatic N) is 4. The molecule has 1 fully saturated rings. The number of tetrazole rings is 1. The smallest absolute Gasteiger partial charge is 0.209 e. The summed E-state index contributed by atoms with van der Waals surface area (Å²) < 4.78 is 1.98. The first kappa shape index (κ1) is 16.1. The van der Waals surface area contributed by atoms with Crippen molar-refractivity contribution in [2.45, 2.75) is 32.9 Å². The molecule has 0 spiro atoms. The van der Waals surface area contributed by atoms with Crippen LogP contribution in [0.15, 0.2) is 30.3 Å². The van der Waals surface area contributed by atoms with E-state index in [1.54, 1.807) is 9.80 Å². The molecule has 0 radical (unpaired) electrons. The molecule has 0 amide bonds. The summed E-state index contributed by atoms with van der Waals surface area (Å²) in [6, 6.07) is 10.8. The topological polar surface area (TPSA) is 52.5 Å². The van der Waals surface area contributed by atoms with E-state index in [2.05, 4.69) is 53.6 Å². The quantitative estimate of drug-likeness (QED) is 0.717. The lowest BCUT2D eigenvalue weighted by Gasteiger charge is -2.33. The lowest BCUT2D eigenvalue weighted by molar-refractivity contribution is -1.03. The van der Waals surface area contributed by atoms with Crippen LogP contribution in [-0.4, -0.2) is 52.9 Å². The van der Waals surface area contributed by atoms with Crippen molar-refractivity contribution in [3.63, 3.8) is 0 Å². The molecule has 2 N–H and O–H groups in total. The minimum absolute atomic E-state index is 0.395. The molecule has 23 heavy (non-hydrogen) atoms. The molecule has 0 aliphatic carbocycles. The van der Waals surface area contributed by atoms with Crippen molar-refractivity contribution < 1.29 is 9.80 Å². The van der Waals surface area contributed by atoms with Gasteiger partial charge in [-0.15, -0.1) is 5.10 Å². The zero-order chi connectivity index (χ0) is 16.1. The van der Waals surface area contributed by atoms with E-state index in [1.165, 1.54) is 38.3 Å². The SMILES string of the molecule is CC[C@@H](c1nnnn1Cc1ccccc1)[NH+]1CC[NH+](CC)CC1. The van der Waals surface area contributed by atoms with Crippen LogP contribution in [0, 0.1) is 0 Å². The number of hydrogen-bond acceptors (Lipinski definition) is 3. The van der Waals surface area contributed by atoms with Crippen LogP contribution in [0.5, 0.6) is 0 Å². The molecule has 1 aliphatic heterocycles. The van der Waals surface area contributed by atoms with Gasteiger partial charge in [0.1, 0.15) is 32.2 Å². The number of hydrogen-bond donors (Lipinski definition) is 2. The zero-order valence-electron chi connectivity index (χ0n) is 14.2. The average Bonchev–Trinajstić information content (AvgIpc) is 3.05. The van der Waals surface area contributed by atoms with E-state index in [0.29, 0.717) is 6.04 Å². The predicted molar refractivity (Wildman–Crippen MR) is 88.3 cm³/mol. The van der Waals surface area contributed by atoms with Crippen molar-refractivity contribution in [1.82, 2.24) is 20.2 Å². The summed E-state index contributed by atoms with van der Waals surface area (Å²) in [6.45, 7) is 11.4. The Morgan fingerprint density at radius 1 is 1.09 bits per heavy atom. The summed E-state index contributed by atoms with van der Waals surface area (Å²) in [7, 11) is 0. The molecule has 1 aliphatic rings. The van der Waals surface area contributed by atoms with E-state index >= 15 is 0 Å². The van der Waals surface area contributed by atoms with Crippen LogP contribution < -0.4 is 9.80 Å². The molecule has 1 atom stereocenters. The van der Waals surface area contributed by atoms with E-state index in [0.717, 1.165) is 18.8 Å². The molecule has 2 aromatic rings. The van der Waals surface area contributed by atoms with Crippen molar-refractivity contribution in [2.24, 2.45) is 0 Å². The molecule has 6 heteroatoms. The zero-order valence-corrected chi connectivity index (χ0v) is 14.2. The minimum Gasteiger partial charge on any atom is -0.326 e. The number of piperazine rings is 1. The van der Waals surface area contributed by atoms with E-state index in [9.17, 15) is 0 Å². The average molecular weight is 316 g/mol. The van der Waals surface area contributed by atoms with Crippen LogP contribution in [0.3, 0.4) is 0 Å². The molecule has 0 saturated carbocycles. The van der Waals surface area contributed by atoms with Crippen molar-refractivity contribution in [3.8, 4) is 0 Å². The highest BCUT2D eigenvalue weighted by Crippen LogP contribution is 2.11. The molecule has 3 rings (SSSR count). The molecule has 0 unspecified atom stereocenters. The Morgan fingerprint density at radius 3 is 2.48 bits per heavy atom. The van der Waals surface area contributed by atoms with Gasteiger partial charge in [0, 0.05) is 6.42 Å².